The van der Waals surface area contributed by atoms with E-state index in [2.05, 4.69) is 21.9 Å². The van der Waals surface area contributed by atoms with E-state index in [-0.39, 0.29) is 12.4 Å². The fourth-order valence-corrected chi connectivity index (χ4v) is 5.79. The molecule has 5 rings (SSSR count). The first-order chi connectivity index (χ1) is 15.9. The van der Waals surface area contributed by atoms with Gasteiger partial charge in [0, 0.05) is 56.1 Å². The molecule has 0 aliphatic carbocycles. The summed E-state index contributed by atoms with van der Waals surface area (Å²) in [6.45, 7) is 4.32. The number of fused-ring (bicyclic) bond motifs is 1. The van der Waals surface area contributed by atoms with Gasteiger partial charge in [0.25, 0.3) is 10.0 Å². The number of rotatable bonds is 5. The normalized spacial score (nSPS) is 14.8. The zero-order valence-corrected chi connectivity index (χ0v) is 19.9. The van der Waals surface area contributed by atoms with Crippen molar-refractivity contribution in [1.29, 1.82) is 0 Å². The third-order valence-corrected chi connectivity index (χ3v) is 7.79. The molecule has 2 heterocycles. The highest BCUT2D eigenvalue weighted by molar-refractivity contribution is 7.90. The third-order valence-electron chi connectivity index (χ3n) is 6.07. The number of benzene rings is 3. The topological polar surface area (TPSA) is 45.6 Å². The molecule has 0 spiro atoms. The van der Waals surface area contributed by atoms with Gasteiger partial charge in [0.15, 0.2) is 0 Å². The zero-order chi connectivity index (χ0) is 23.0. The second-order valence-electron chi connectivity index (χ2n) is 8.15. The van der Waals surface area contributed by atoms with Crippen molar-refractivity contribution in [3.8, 4) is 0 Å². The first-order valence-corrected chi connectivity index (χ1v) is 12.2. The van der Waals surface area contributed by atoms with Crippen LogP contribution in [0.15, 0.2) is 83.9 Å². The van der Waals surface area contributed by atoms with Crippen LogP contribution in [0.4, 0.5) is 14.5 Å². The lowest BCUT2D eigenvalue weighted by Gasteiger charge is -2.36. The van der Waals surface area contributed by atoms with Gasteiger partial charge in [-0.2, -0.15) is 0 Å². The summed E-state index contributed by atoms with van der Waals surface area (Å²) in [5.41, 5.74) is 2.69. The third kappa shape index (κ3) is 4.53. The highest BCUT2D eigenvalue weighted by atomic mass is 35.5. The van der Waals surface area contributed by atoms with Crippen LogP contribution in [0.2, 0.25) is 0 Å². The van der Waals surface area contributed by atoms with Crippen LogP contribution in [0.3, 0.4) is 0 Å². The maximum absolute atomic E-state index is 14.3. The van der Waals surface area contributed by atoms with E-state index in [1.54, 1.807) is 18.2 Å². The summed E-state index contributed by atoms with van der Waals surface area (Å²) in [5.74, 6) is -1.93. The summed E-state index contributed by atoms with van der Waals surface area (Å²) in [6.07, 6.45) is 1.43. The standard InChI is InChI=1S/C25H23F2N3O2S.ClH/c26-20-9-10-25(22(27)17-20)33(31,32)30-12-11-21-23(7-4-8-24(21)30)29-15-13-28(14-16-29)18-19-5-2-1-3-6-19;/h1-12,17H,13-16,18H2;1H. The number of hydrogen-bond donors (Lipinski definition) is 0. The van der Waals surface area contributed by atoms with Gasteiger partial charge in [-0.15, -0.1) is 12.4 Å². The van der Waals surface area contributed by atoms with E-state index < -0.39 is 26.6 Å². The van der Waals surface area contributed by atoms with E-state index in [9.17, 15) is 17.2 Å². The Morgan fingerprint density at radius 2 is 1.56 bits per heavy atom. The average Bonchev–Trinajstić information content (AvgIpc) is 3.25. The number of anilines is 1. The van der Waals surface area contributed by atoms with E-state index in [0.717, 1.165) is 59.9 Å². The van der Waals surface area contributed by atoms with Crippen LogP contribution in [0.5, 0.6) is 0 Å². The Kier molecular flexibility index (Phi) is 6.93. The van der Waals surface area contributed by atoms with Crippen molar-refractivity contribution >= 4 is 39.0 Å². The van der Waals surface area contributed by atoms with E-state index in [0.29, 0.717) is 11.6 Å². The largest absolute Gasteiger partial charge is 0.368 e. The molecule has 0 bridgehead atoms. The molecule has 0 unspecified atom stereocenters. The Hall–Kier alpha value is -2.94. The minimum Gasteiger partial charge on any atom is -0.368 e. The predicted octanol–water partition coefficient (Wildman–Crippen LogP) is 4.90. The Balaban J connectivity index is 0.00000274. The number of nitrogens with zero attached hydrogens (tertiary/aromatic N) is 3. The van der Waals surface area contributed by atoms with Gasteiger partial charge in [-0.05, 0) is 35.9 Å². The SMILES string of the molecule is Cl.O=S(=O)(c1ccc(F)cc1F)n1ccc2c(N3CCN(Cc4ccccc4)CC3)cccc21. The lowest BCUT2D eigenvalue weighted by molar-refractivity contribution is 0.250. The molecule has 0 saturated carbocycles. The number of halogens is 3. The minimum absolute atomic E-state index is 0. The van der Waals surface area contributed by atoms with Crippen molar-refractivity contribution in [2.45, 2.75) is 11.4 Å². The number of aromatic nitrogens is 1. The maximum Gasteiger partial charge on any atom is 0.271 e. The van der Waals surface area contributed by atoms with Crippen LogP contribution >= 0.6 is 12.4 Å². The summed E-state index contributed by atoms with van der Waals surface area (Å²) >= 11 is 0. The highest BCUT2D eigenvalue weighted by Gasteiger charge is 2.25. The molecule has 1 saturated heterocycles. The van der Waals surface area contributed by atoms with Crippen LogP contribution in [0.25, 0.3) is 10.9 Å². The summed E-state index contributed by atoms with van der Waals surface area (Å²) in [7, 11) is -4.21. The van der Waals surface area contributed by atoms with Gasteiger partial charge in [0.05, 0.1) is 5.52 Å². The van der Waals surface area contributed by atoms with Gasteiger partial charge >= 0.3 is 0 Å². The molecular formula is C25H24ClF2N3O2S. The van der Waals surface area contributed by atoms with Gasteiger partial charge < -0.3 is 4.90 Å². The lowest BCUT2D eigenvalue weighted by atomic mass is 10.1. The molecule has 0 atom stereocenters. The highest BCUT2D eigenvalue weighted by Crippen LogP contribution is 2.31. The monoisotopic (exact) mass is 503 g/mol. The van der Waals surface area contributed by atoms with Crippen molar-refractivity contribution in [3.05, 3.63) is 96.2 Å². The molecule has 4 aromatic rings. The van der Waals surface area contributed by atoms with Crippen LogP contribution < -0.4 is 4.90 Å². The van der Waals surface area contributed by atoms with E-state index in [1.807, 2.05) is 24.3 Å². The van der Waals surface area contributed by atoms with Crippen molar-refractivity contribution in [1.82, 2.24) is 8.87 Å². The lowest BCUT2D eigenvalue weighted by Crippen LogP contribution is -2.46. The Morgan fingerprint density at radius 1 is 0.824 bits per heavy atom. The fourth-order valence-electron chi connectivity index (χ4n) is 4.39. The molecule has 1 aliphatic rings. The molecule has 1 fully saturated rings. The van der Waals surface area contributed by atoms with Crippen molar-refractivity contribution in [3.63, 3.8) is 0 Å². The summed E-state index contributed by atoms with van der Waals surface area (Å²) in [5, 5.41) is 0.778. The Bertz CT molecular complexity index is 1400. The quantitative estimate of drug-likeness (QED) is 0.388. The van der Waals surface area contributed by atoms with Crippen LogP contribution in [-0.4, -0.2) is 43.5 Å². The minimum atomic E-state index is -4.21. The molecule has 0 amide bonds. The van der Waals surface area contributed by atoms with Crippen LogP contribution in [-0.2, 0) is 16.6 Å². The summed E-state index contributed by atoms with van der Waals surface area (Å²) in [4.78, 5) is 4.10. The molecule has 1 aliphatic heterocycles. The molecule has 178 valence electrons. The number of hydrogen-bond acceptors (Lipinski definition) is 4. The average molecular weight is 504 g/mol. The second-order valence-corrected chi connectivity index (χ2v) is 9.93. The fraction of sp³-hybridized carbons (Fsp3) is 0.200. The smallest absolute Gasteiger partial charge is 0.271 e. The molecule has 0 N–H and O–H groups in total. The molecule has 34 heavy (non-hydrogen) atoms. The van der Waals surface area contributed by atoms with Gasteiger partial charge in [0.1, 0.15) is 16.5 Å². The summed E-state index contributed by atoms with van der Waals surface area (Å²) in [6, 6.07) is 20.1. The summed E-state index contributed by atoms with van der Waals surface area (Å²) < 4.78 is 54.9. The van der Waals surface area contributed by atoms with E-state index in [4.69, 9.17) is 0 Å². The predicted molar refractivity (Wildman–Crippen MR) is 132 cm³/mol. The number of piperazine rings is 1. The van der Waals surface area contributed by atoms with Gasteiger partial charge in [0.2, 0.25) is 0 Å². The molecular weight excluding hydrogens is 480 g/mol. The first-order valence-electron chi connectivity index (χ1n) is 10.8. The van der Waals surface area contributed by atoms with Gasteiger partial charge in [-0.1, -0.05) is 36.4 Å². The van der Waals surface area contributed by atoms with Crippen molar-refractivity contribution in [2.24, 2.45) is 0 Å². The maximum atomic E-state index is 14.3. The van der Waals surface area contributed by atoms with Gasteiger partial charge in [-0.25, -0.2) is 21.2 Å². The molecule has 9 heteroatoms. The van der Waals surface area contributed by atoms with Crippen molar-refractivity contribution < 1.29 is 17.2 Å². The van der Waals surface area contributed by atoms with Crippen LogP contribution in [0.1, 0.15) is 5.56 Å². The van der Waals surface area contributed by atoms with E-state index in [1.165, 1.54) is 11.8 Å². The first kappa shape index (κ1) is 24.2. The molecule has 3 aromatic carbocycles. The zero-order valence-electron chi connectivity index (χ0n) is 18.3. The Labute approximate surface area is 203 Å². The van der Waals surface area contributed by atoms with Crippen molar-refractivity contribution in [2.75, 3.05) is 31.1 Å². The molecule has 5 nitrogen and oxygen atoms in total. The molecule has 0 radical (unpaired) electrons. The van der Waals surface area contributed by atoms with Crippen LogP contribution in [0, 0.1) is 11.6 Å². The molecule has 1 aromatic heterocycles. The van der Waals surface area contributed by atoms with E-state index >= 15 is 0 Å². The second kappa shape index (κ2) is 9.74. The van der Waals surface area contributed by atoms with Gasteiger partial charge in [-0.3, -0.25) is 4.90 Å². The Morgan fingerprint density at radius 3 is 2.26 bits per heavy atom.